The van der Waals surface area contributed by atoms with Gasteiger partial charge in [-0.3, -0.25) is 9.59 Å². The van der Waals surface area contributed by atoms with Crippen molar-refractivity contribution in [2.24, 2.45) is 5.92 Å². The van der Waals surface area contributed by atoms with Crippen LogP contribution in [0.4, 0.5) is 10.5 Å². The molecule has 1 N–H and O–H groups in total. The van der Waals surface area contributed by atoms with E-state index in [4.69, 9.17) is 9.26 Å². The Labute approximate surface area is 220 Å². The van der Waals surface area contributed by atoms with E-state index in [1.165, 1.54) is 4.74 Å². The predicted molar refractivity (Wildman–Crippen MR) is 145 cm³/mol. The van der Waals surface area contributed by atoms with E-state index in [0.717, 1.165) is 31.2 Å². The number of aryl methyl sites for hydroxylation is 1. The number of nitrogens with zero attached hydrogens (tertiary/aromatic N) is 2. The van der Waals surface area contributed by atoms with Crippen molar-refractivity contribution in [1.82, 2.24) is 9.64 Å². The lowest BCUT2D eigenvalue weighted by molar-refractivity contribution is 0.0810. The molecule has 1 fully saturated rings. The first-order valence-electron chi connectivity index (χ1n) is 13.0. The quantitative estimate of drug-likeness (QED) is 0.327. The van der Waals surface area contributed by atoms with E-state index in [-0.39, 0.29) is 24.2 Å². The van der Waals surface area contributed by atoms with E-state index in [9.17, 15) is 14.4 Å². The number of rotatable bonds is 8. The number of amides is 2. The second-order valence-corrected chi connectivity index (χ2v) is 9.64. The highest BCUT2D eigenvalue weighted by atomic mass is 16.6. The van der Waals surface area contributed by atoms with Gasteiger partial charge in [0.05, 0.1) is 11.9 Å². The molecular formula is C30H31N3O5. The van der Waals surface area contributed by atoms with E-state index in [1.807, 2.05) is 48.5 Å². The highest BCUT2D eigenvalue weighted by molar-refractivity contribution is 6.04. The minimum Gasteiger partial charge on any atom is -0.445 e. The molecular weight excluding hydrogens is 482 g/mol. The third-order valence-electron chi connectivity index (χ3n) is 6.99. The van der Waals surface area contributed by atoms with Crippen LogP contribution in [-0.4, -0.2) is 34.7 Å². The summed E-state index contributed by atoms with van der Waals surface area (Å²) in [5, 5.41) is 3.34. The van der Waals surface area contributed by atoms with Crippen LogP contribution in [0.1, 0.15) is 41.6 Å². The molecule has 1 aliphatic rings. The zero-order chi connectivity index (χ0) is 26.3. The smallest absolute Gasteiger partial charge is 0.410 e. The number of anilines is 1. The maximum absolute atomic E-state index is 12.8. The standard InChI is InChI=1S/C30H31N3O5/c34-28(24-11-5-2-6-12-24)31-25-13-14-26-27(20-25)38-33(29(26)35)17-7-10-22-15-18-32(19-16-22)30(36)37-21-23-8-3-1-4-9-23/h1-6,8-9,11-14,20,22H,7,10,15-19,21H2,(H,31,34). The molecule has 4 aromatic rings. The maximum Gasteiger partial charge on any atom is 0.410 e. The minimum absolute atomic E-state index is 0.170. The molecule has 0 spiro atoms. The Bertz CT molecular complexity index is 1440. The average Bonchev–Trinajstić information content (AvgIpc) is 3.27. The van der Waals surface area contributed by atoms with E-state index in [0.29, 0.717) is 47.8 Å². The number of carbonyl (C=O) groups excluding carboxylic acids is 2. The van der Waals surface area contributed by atoms with Crippen molar-refractivity contribution in [2.75, 3.05) is 18.4 Å². The van der Waals surface area contributed by atoms with E-state index in [1.54, 1.807) is 35.2 Å². The lowest BCUT2D eigenvalue weighted by Gasteiger charge is -2.31. The van der Waals surface area contributed by atoms with E-state index in [2.05, 4.69) is 5.32 Å². The number of likely N-dealkylation sites (tertiary alicyclic amines) is 1. The first-order valence-corrected chi connectivity index (χ1v) is 13.0. The van der Waals surface area contributed by atoms with Crippen LogP contribution in [0.5, 0.6) is 0 Å². The van der Waals surface area contributed by atoms with Crippen LogP contribution in [0.3, 0.4) is 0 Å². The summed E-state index contributed by atoms with van der Waals surface area (Å²) >= 11 is 0. The number of ether oxygens (including phenoxy) is 1. The second kappa shape index (κ2) is 11.8. The molecule has 1 saturated heterocycles. The molecule has 0 saturated carbocycles. The van der Waals surface area contributed by atoms with Gasteiger partial charge in [0, 0.05) is 30.4 Å². The van der Waals surface area contributed by atoms with E-state index < -0.39 is 0 Å². The zero-order valence-electron chi connectivity index (χ0n) is 21.2. The van der Waals surface area contributed by atoms with Crippen molar-refractivity contribution >= 4 is 28.7 Å². The topological polar surface area (TPSA) is 93.8 Å². The summed E-state index contributed by atoms with van der Waals surface area (Å²) < 4.78 is 12.7. The van der Waals surface area contributed by atoms with Gasteiger partial charge >= 0.3 is 6.09 Å². The van der Waals surface area contributed by atoms with Crippen LogP contribution in [-0.2, 0) is 17.9 Å². The maximum atomic E-state index is 12.8. The van der Waals surface area contributed by atoms with Crippen LogP contribution in [0, 0.1) is 5.92 Å². The molecule has 1 aliphatic heterocycles. The van der Waals surface area contributed by atoms with Crippen LogP contribution in [0.15, 0.2) is 88.2 Å². The molecule has 2 heterocycles. The van der Waals surface area contributed by atoms with Crippen molar-refractivity contribution < 1.29 is 18.8 Å². The number of hydrogen-bond acceptors (Lipinski definition) is 5. The Balaban J connectivity index is 1.08. The first kappa shape index (κ1) is 25.3. The van der Waals surface area contributed by atoms with Gasteiger partial charge in [-0.1, -0.05) is 48.5 Å². The molecule has 196 valence electrons. The molecule has 8 nitrogen and oxygen atoms in total. The molecule has 3 aromatic carbocycles. The normalized spacial score (nSPS) is 13.9. The molecule has 8 heteroatoms. The monoisotopic (exact) mass is 513 g/mol. The number of fused-ring (bicyclic) bond motifs is 1. The zero-order valence-corrected chi connectivity index (χ0v) is 21.2. The van der Waals surface area contributed by atoms with Crippen molar-refractivity contribution in [3.63, 3.8) is 0 Å². The molecule has 0 unspecified atom stereocenters. The summed E-state index contributed by atoms with van der Waals surface area (Å²) in [6.45, 7) is 2.13. The number of aromatic nitrogens is 1. The number of nitrogens with one attached hydrogen (secondary N) is 1. The van der Waals surface area contributed by atoms with Gasteiger partial charge in [-0.25, -0.2) is 4.79 Å². The van der Waals surface area contributed by atoms with Crippen molar-refractivity contribution in [1.29, 1.82) is 0 Å². The second-order valence-electron chi connectivity index (χ2n) is 9.64. The summed E-state index contributed by atoms with van der Waals surface area (Å²) in [7, 11) is 0. The number of piperidine rings is 1. The Morgan fingerprint density at radius 3 is 2.39 bits per heavy atom. The fraction of sp³-hybridized carbons (Fsp3) is 0.300. The fourth-order valence-corrected chi connectivity index (χ4v) is 4.83. The van der Waals surface area contributed by atoms with Gasteiger partial charge < -0.3 is 19.5 Å². The Kier molecular flexibility index (Phi) is 7.87. The highest BCUT2D eigenvalue weighted by Gasteiger charge is 2.24. The fourth-order valence-electron chi connectivity index (χ4n) is 4.83. The average molecular weight is 514 g/mol. The van der Waals surface area contributed by atoms with E-state index >= 15 is 0 Å². The summed E-state index contributed by atoms with van der Waals surface area (Å²) in [6, 6.07) is 23.7. The minimum atomic E-state index is -0.263. The number of benzene rings is 3. The van der Waals surface area contributed by atoms with Crippen LogP contribution < -0.4 is 10.9 Å². The van der Waals surface area contributed by atoms with Gasteiger partial charge in [-0.15, -0.1) is 0 Å². The lowest BCUT2D eigenvalue weighted by Crippen LogP contribution is -2.38. The van der Waals surface area contributed by atoms with Crippen LogP contribution in [0.2, 0.25) is 0 Å². The van der Waals surface area contributed by atoms with Gasteiger partial charge in [0.2, 0.25) is 0 Å². The summed E-state index contributed by atoms with van der Waals surface area (Å²) in [6.07, 6.45) is 3.33. The Morgan fingerprint density at radius 1 is 0.947 bits per heavy atom. The third-order valence-corrected chi connectivity index (χ3v) is 6.99. The van der Waals surface area contributed by atoms with Crippen molar-refractivity contribution in [3.8, 4) is 0 Å². The molecule has 5 rings (SSSR count). The number of hydrogen-bond donors (Lipinski definition) is 1. The molecule has 0 atom stereocenters. The van der Waals surface area contributed by atoms with Gasteiger partial charge in [-0.05, 0) is 61.4 Å². The third kappa shape index (κ3) is 6.14. The summed E-state index contributed by atoms with van der Waals surface area (Å²) in [5.74, 6) is 0.273. The largest absolute Gasteiger partial charge is 0.445 e. The van der Waals surface area contributed by atoms with Gasteiger partial charge in [0.25, 0.3) is 11.5 Å². The number of carbonyl (C=O) groups is 2. The molecule has 0 radical (unpaired) electrons. The summed E-state index contributed by atoms with van der Waals surface area (Å²) in [4.78, 5) is 39.4. The first-order chi connectivity index (χ1) is 18.6. The van der Waals surface area contributed by atoms with Crippen molar-refractivity contribution in [3.05, 3.63) is 100 Å². The SMILES string of the molecule is O=C(Nc1ccc2c(=O)n(CCCC3CCN(C(=O)OCc4ccccc4)CC3)oc2c1)c1ccccc1. The Morgan fingerprint density at radius 2 is 1.66 bits per heavy atom. The van der Waals surface area contributed by atoms with Crippen LogP contribution >= 0.6 is 0 Å². The lowest BCUT2D eigenvalue weighted by atomic mass is 9.92. The molecule has 38 heavy (non-hydrogen) atoms. The molecule has 0 aliphatic carbocycles. The highest BCUT2D eigenvalue weighted by Crippen LogP contribution is 2.24. The van der Waals surface area contributed by atoms with Crippen molar-refractivity contribution in [2.45, 2.75) is 38.8 Å². The summed E-state index contributed by atoms with van der Waals surface area (Å²) in [5.41, 5.74) is 2.38. The predicted octanol–water partition coefficient (Wildman–Crippen LogP) is 5.68. The van der Waals surface area contributed by atoms with Gasteiger partial charge in [-0.2, -0.15) is 4.74 Å². The van der Waals surface area contributed by atoms with Gasteiger partial charge in [0.15, 0.2) is 5.58 Å². The van der Waals surface area contributed by atoms with Gasteiger partial charge in [0.1, 0.15) is 6.61 Å². The molecule has 2 amide bonds. The van der Waals surface area contributed by atoms with Crippen LogP contribution in [0.25, 0.3) is 11.0 Å². The Hall–Kier alpha value is -4.33. The molecule has 0 bridgehead atoms. The molecule has 1 aromatic heterocycles.